The fraction of sp³-hybridized carbons (Fsp3) is 0.182. The van der Waals surface area contributed by atoms with Crippen LogP contribution in [0.2, 0.25) is 0 Å². The van der Waals surface area contributed by atoms with Crippen LogP contribution in [0.3, 0.4) is 0 Å². The molecule has 0 aliphatic heterocycles. The van der Waals surface area contributed by atoms with Crippen molar-refractivity contribution in [3.8, 4) is 0 Å². The molecule has 0 saturated carbocycles. The van der Waals surface area contributed by atoms with E-state index in [1.807, 2.05) is 19.1 Å². The van der Waals surface area contributed by atoms with Crippen molar-refractivity contribution in [3.05, 3.63) is 26.6 Å². The van der Waals surface area contributed by atoms with Gasteiger partial charge in [-0.1, -0.05) is 23.1 Å². The van der Waals surface area contributed by atoms with Gasteiger partial charge in [-0.2, -0.15) is 0 Å². The molecule has 0 fully saturated rings. The molecule has 0 spiro atoms. The Hall–Kier alpha value is -0.640. The van der Waals surface area contributed by atoms with Gasteiger partial charge in [0.15, 0.2) is 4.34 Å². The summed E-state index contributed by atoms with van der Waals surface area (Å²) in [5.41, 5.74) is 1.99. The lowest BCUT2D eigenvalue weighted by Gasteiger charge is -2.08. The molecule has 2 N–H and O–H groups in total. The minimum atomic E-state index is -0.872. The number of anilines is 2. The molecule has 0 amide bonds. The summed E-state index contributed by atoms with van der Waals surface area (Å²) in [6, 6.07) is 3.99. The number of carboxylic acid groups (broad SMARTS) is 1. The summed E-state index contributed by atoms with van der Waals surface area (Å²) in [7, 11) is 0. The number of carboxylic acids is 1. The summed E-state index contributed by atoms with van der Waals surface area (Å²) in [6.07, 6.45) is 0. The van der Waals surface area contributed by atoms with Crippen LogP contribution in [0.4, 0.5) is 10.8 Å². The summed E-state index contributed by atoms with van der Waals surface area (Å²) in [5, 5.41) is 20.3. The predicted octanol–water partition coefficient (Wildman–Crippen LogP) is 4.29. The summed E-state index contributed by atoms with van der Waals surface area (Å²) in [6.45, 7) is 2.00. The minimum Gasteiger partial charge on any atom is -0.481 e. The number of carbonyl (C=O) groups is 1. The maximum Gasteiger partial charge on any atom is 0.313 e. The van der Waals surface area contributed by atoms with Crippen LogP contribution in [0.25, 0.3) is 0 Å². The lowest BCUT2D eigenvalue weighted by Crippen LogP contribution is -1.96. The standard InChI is InChI=1S/C11H9Br2N3O2S2/c1-5-2-6(12)9(7(13)3-5)14-10-15-16-11(20-10)19-4-8(17)18/h2-3H,4H2,1H3,(H,14,15)(H,17,18). The average molecular weight is 439 g/mol. The Morgan fingerprint density at radius 2 is 2.05 bits per heavy atom. The van der Waals surface area contributed by atoms with Crippen LogP contribution in [-0.2, 0) is 4.79 Å². The van der Waals surface area contributed by atoms with Gasteiger partial charge in [0.05, 0.1) is 11.4 Å². The molecule has 0 aliphatic carbocycles. The van der Waals surface area contributed by atoms with Crippen molar-refractivity contribution in [2.24, 2.45) is 0 Å². The minimum absolute atomic E-state index is 0.0213. The topological polar surface area (TPSA) is 75.1 Å². The second kappa shape index (κ2) is 6.88. The van der Waals surface area contributed by atoms with E-state index >= 15 is 0 Å². The highest BCUT2D eigenvalue weighted by Gasteiger charge is 2.11. The van der Waals surface area contributed by atoms with Gasteiger partial charge in [0.2, 0.25) is 5.13 Å². The summed E-state index contributed by atoms with van der Waals surface area (Å²) < 4.78 is 2.45. The quantitative estimate of drug-likeness (QED) is 0.678. The Morgan fingerprint density at radius 3 is 2.65 bits per heavy atom. The Kier molecular flexibility index (Phi) is 5.42. The SMILES string of the molecule is Cc1cc(Br)c(Nc2nnc(SCC(=O)O)s2)c(Br)c1. The number of hydrogen-bond acceptors (Lipinski definition) is 6. The number of nitrogens with one attached hydrogen (secondary N) is 1. The van der Waals surface area contributed by atoms with E-state index in [1.54, 1.807) is 0 Å². The maximum absolute atomic E-state index is 10.5. The molecule has 1 heterocycles. The van der Waals surface area contributed by atoms with E-state index < -0.39 is 5.97 Å². The normalized spacial score (nSPS) is 10.6. The number of thioether (sulfide) groups is 1. The Bertz CT molecular complexity index is 625. The van der Waals surface area contributed by atoms with E-state index in [1.165, 1.54) is 11.3 Å². The van der Waals surface area contributed by atoms with Crippen molar-refractivity contribution in [3.63, 3.8) is 0 Å². The molecule has 1 aromatic carbocycles. The van der Waals surface area contributed by atoms with Crippen molar-refractivity contribution in [2.75, 3.05) is 11.1 Å². The van der Waals surface area contributed by atoms with Crippen LogP contribution in [0.1, 0.15) is 5.56 Å². The number of benzene rings is 1. The number of rotatable bonds is 5. The van der Waals surface area contributed by atoms with Gasteiger partial charge < -0.3 is 10.4 Å². The van der Waals surface area contributed by atoms with E-state index in [9.17, 15) is 4.79 Å². The average Bonchev–Trinajstić information content (AvgIpc) is 2.79. The highest BCUT2D eigenvalue weighted by molar-refractivity contribution is 9.11. The second-order valence-corrected chi connectivity index (χ2v) is 7.69. The molecular weight excluding hydrogens is 430 g/mol. The van der Waals surface area contributed by atoms with Crippen molar-refractivity contribution >= 4 is 71.7 Å². The molecule has 5 nitrogen and oxygen atoms in total. The van der Waals surface area contributed by atoms with E-state index in [0.717, 1.165) is 32.0 Å². The number of aryl methyl sites for hydroxylation is 1. The fourth-order valence-electron chi connectivity index (χ4n) is 1.37. The highest BCUT2D eigenvalue weighted by atomic mass is 79.9. The molecule has 0 aliphatic rings. The zero-order valence-electron chi connectivity index (χ0n) is 10.2. The zero-order valence-corrected chi connectivity index (χ0v) is 15.0. The fourth-order valence-corrected chi connectivity index (χ4v) is 4.46. The number of nitrogens with zero attached hydrogens (tertiary/aromatic N) is 2. The molecule has 9 heteroatoms. The summed E-state index contributed by atoms with van der Waals surface area (Å²) in [5.74, 6) is -0.893. The number of aromatic nitrogens is 2. The van der Waals surface area contributed by atoms with E-state index in [4.69, 9.17) is 5.11 Å². The molecule has 1 aromatic heterocycles. The van der Waals surface area contributed by atoms with Gasteiger partial charge in [-0.05, 0) is 56.5 Å². The van der Waals surface area contributed by atoms with Gasteiger partial charge in [-0.3, -0.25) is 4.79 Å². The lowest BCUT2D eigenvalue weighted by molar-refractivity contribution is -0.133. The molecule has 106 valence electrons. The Balaban J connectivity index is 2.13. The third-order valence-corrected chi connectivity index (χ3v) is 5.35. The van der Waals surface area contributed by atoms with Crippen molar-refractivity contribution in [2.45, 2.75) is 11.3 Å². The molecule has 20 heavy (non-hydrogen) atoms. The van der Waals surface area contributed by atoms with Gasteiger partial charge in [-0.15, -0.1) is 10.2 Å². The molecule has 0 saturated heterocycles. The Labute approximate surface area is 140 Å². The summed E-state index contributed by atoms with van der Waals surface area (Å²) in [4.78, 5) is 10.5. The van der Waals surface area contributed by atoms with E-state index in [-0.39, 0.29) is 5.75 Å². The van der Waals surface area contributed by atoms with Crippen LogP contribution in [0, 0.1) is 6.92 Å². The van der Waals surface area contributed by atoms with Crippen LogP contribution < -0.4 is 5.32 Å². The zero-order chi connectivity index (χ0) is 14.7. The van der Waals surface area contributed by atoms with Crippen molar-refractivity contribution < 1.29 is 9.90 Å². The first-order valence-electron chi connectivity index (χ1n) is 5.36. The van der Waals surface area contributed by atoms with Gasteiger partial charge in [0, 0.05) is 8.95 Å². The largest absolute Gasteiger partial charge is 0.481 e. The third kappa shape index (κ3) is 4.18. The van der Waals surface area contributed by atoms with Crippen LogP contribution in [0.15, 0.2) is 25.4 Å². The molecule has 2 rings (SSSR count). The van der Waals surface area contributed by atoms with Gasteiger partial charge in [0.25, 0.3) is 0 Å². The van der Waals surface area contributed by atoms with Crippen LogP contribution in [0.5, 0.6) is 0 Å². The van der Waals surface area contributed by atoms with Crippen molar-refractivity contribution in [1.29, 1.82) is 0 Å². The number of halogens is 2. The van der Waals surface area contributed by atoms with Crippen LogP contribution >= 0.6 is 55.0 Å². The number of hydrogen-bond donors (Lipinski definition) is 2. The Morgan fingerprint density at radius 1 is 1.40 bits per heavy atom. The smallest absolute Gasteiger partial charge is 0.313 e. The van der Waals surface area contributed by atoms with Gasteiger partial charge >= 0.3 is 5.97 Å². The first-order chi connectivity index (χ1) is 9.45. The highest BCUT2D eigenvalue weighted by Crippen LogP contribution is 2.36. The molecule has 0 bridgehead atoms. The van der Waals surface area contributed by atoms with Crippen molar-refractivity contribution in [1.82, 2.24) is 10.2 Å². The maximum atomic E-state index is 10.5. The molecule has 0 unspecified atom stereocenters. The number of aliphatic carboxylic acids is 1. The molecule has 0 atom stereocenters. The molecular formula is C11H9Br2N3O2S2. The monoisotopic (exact) mass is 437 g/mol. The first kappa shape index (κ1) is 15.7. The van der Waals surface area contributed by atoms with E-state index in [0.29, 0.717) is 9.47 Å². The van der Waals surface area contributed by atoms with E-state index in [2.05, 4.69) is 47.4 Å². The predicted molar refractivity (Wildman–Crippen MR) is 88.1 cm³/mol. The first-order valence-corrected chi connectivity index (χ1v) is 8.75. The van der Waals surface area contributed by atoms with Gasteiger partial charge in [-0.25, -0.2) is 0 Å². The summed E-state index contributed by atoms with van der Waals surface area (Å²) >= 11 is 9.45. The van der Waals surface area contributed by atoms with Crippen LogP contribution in [-0.4, -0.2) is 27.0 Å². The second-order valence-electron chi connectivity index (χ2n) is 3.78. The molecule has 2 aromatic rings. The van der Waals surface area contributed by atoms with Gasteiger partial charge in [0.1, 0.15) is 0 Å². The lowest BCUT2D eigenvalue weighted by atomic mass is 10.2. The molecule has 0 radical (unpaired) electrons. The third-order valence-electron chi connectivity index (χ3n) is 2.14.